The highest BCUT2D eigenvalue weighted by atomic mass is 19.1. The van der Waals surface area contributed by atoms with Gasteiger partial charge in [-0.25, -0.2) is 4.39 Å². The topological polar surface area (TPSA) is 72.2 Å². The van der Waals surface area contributed by atoms with Crippen LogP contribution in [0.2, 0.25) is 0 Å². The first-order chi connectivity index (χ1) is 16.2. The van der Waals surface area contributed by atoms with Crippen LogP contribution in [0.25, 0.3) is 10.9 Å². The van der Waals surface area contributed by atoms with Gasteiger partial charge in [-0.2, -0.15) is 5.26 Å². The normalized spacial score (nSPS) is 15.6. The molecule has 0 spiro atoms. The molecule has 5 rings (SSSR count). The molecule has 0 saturated carbocycles. The van der Waals surface area contributed by atoms with Gasteiger partial charge < -0.3 is 9.88 Å². The number of anilines is 1. The van der Waals surface area contributed by atoms with Crippen molar-refractivity contribution in [1.29, 1.82) is 5.26 Å². The second kappa shape index (κ2) is 8.71. The standard InChI is InChI=1S/C27H21FN4O/c28-22-11-4-1-9-20(22)26-21-10-3-6-13-25(21)32(15-7-14-29)27(33)24(31-26)16-18-17-30-23-12-5-2-8-19(18)23/h1-6,8-13,17,24,30H,7,15-16H2. The van der Waals surface area contributed by atoms with Crippen LogP contribution in [0.5, 0.6) is 0 Å². The van der Waals surface area contributed by atoms with Crippen LogP contribution in [0.4, 0.5) is 10.1 Å². The molecular formula is C27H21FN4O. The number of aromatic amines is 1. The van der Waals surface area contributed by atoms with E-state index in [2.05, 4.69) is 11.1 Å². The molecule has 5 nitrogen and oxygen atoms in total. The first-order valence-corrected chi connectivity index (χ1v) is 10.8. The van der Waals surface area contributed by atoms with E-state index in [9.17, 15) is 14.4 Å². The highest BCUT2D eigenvalue weighted by Gasteiger charge is 2.32. The number of fused-ring (bicyclic) bond motifs is 2. The summed E-state index contributed by atoms with van der Waals surface area (Å²) in [6.07, 6.45) is 2.45. The Morgan fingerprint density at radius 1 is 1.00 bits per heavy atom. The van der Waals surface area contributed by atoms with Crippen molar-refractivity contribution in [3.63, 3.8) is 0 Å². The van der Waals surface area contributed by atoms with Crippen molar-refractivity contribution in [2.45, 2.75) is 18.9 Å². The lowest BCUT2D eigenvalue weighted by Crippen LogP contribution is -2.39. The first-order valence-electron chi connectivity index (χ1n) is 10.8. The number of halogens is 1. The predicted octanol–water partition coefficient (Wildman–Crippen LogP) is 5.02. The minimum Gasteiger partial charge on any atom is -0.361 e. The minimum absolute atomic E-state index is 0.189. The maximum atomic E-state index is 14.9. The molecule has 1 amide bonds. The number of aliphatic imine (C=N–C) groups is 1. The van der Waals surface area contributed by atoms with E-state index in [1.807, 2.05) is 54.7 Å². The second-order valence-electron chi connectivity index (χ2n) is 7.95. The fraction of sp³-hybridized carbons (Fsp3) is 0.148. The maximum absolute atomic E-state index is 14.9. The molecule has 6 heteroatoms. The number of hydrogen-bond acceptors (Lipinski definition) is 3. The van der Waals surface area contributed by atoms with Crippen LogP contribution < -0.4 is 4.90 Å². The SMILES string of the molecule is N#CCCN1C(=O)C(Cc2c[nH]c3ccccc23)N=C(c2ccccc2F)c2ccccc21. The van der Waals surface area contributed by atoms with Gasteiger partial charge in [0.25, 0.3) is 5.91 Å². The van der Waals surface area contributed by atoms with Crippen molar-refractivity contribution < 1.29 is 9.18 Å². The largest absolute Gasteiger partial charge is 0.361 e. The average molecular weight is 436 g/mol. The van der Waals surface area contributed by atoms with Gasteiger partial charge >= 0.3 is 0 Å². The van der Waals surface area contributed by atoms with E-state index >= 15 is 0 Å². The van der Waals surface area contributed by atoms with Gasteiger partial charge in [0, 0.05) is 41.2 Å². The zero-order chi connectivity index (χ0) is 22.8. The van der Waals surface area contributed by atoms with Gasteiger partial charge in [-0.1, -0.05) is 48.5 Å². The third-order valence-electron chi connectivity index (χ3n) is 5.95. The summed E-state index contributed by atoms with van der Waals surface area (Å²) in [6, 6.07) is 23.1. The van der Waals surface area contributed by atoms with Crippen molar-refractivity contribution in [2.24, 2.45) is 4.99 Å². The first kappa shape index (κ1) is 20.7. The smallest absolute Gasteiger partial charge is 0.252 e. The fourth-order valence-corrected chi connectivity index (χ4v) is 4.39. The summed E-state index contributed by atoms with van der Waals surface area (Å²) >= 11 is 0. The number of benzene rings is 3. The third kappa shape index (κ3) is 3.79. The van der Waals surface area contributed by atoms with E-state index in [1.165, 1.54) is 6.07 Å². The molecule has 1 atom stereocenters. The lowest BCUT2D eigenvalue weighted by atomic mass is 9.99. The van der Waals surface area contributed by atoms with Gasteiger partial charge in [-0.05, 0) is 29.8 Å². The predicted molar refractivity (Wildman–Crippen MR) is 127 cm³/mol. The molecule has 0 bridgehead atoms. The number of aromatic nitrogens is 1. The van der Waals surface area contributed by atoms with Gasteiger partial charge in [0.15, 0.2) is 0 Å². The van der Waals surface area contributed by atoms with Crippen molar-refractivity contribution in [1.82, 2.24) is 4.98 Å². The Hall–Kier alpha value is -4.24. The minimum atomic E-state index is -0.759. The number of carbonyl (C=O) groups excluding carboxylic acids is 1. The highest BCUT2D eigenvalue weighted by molar-refractivity contribution is 6.20. The van der Waals surface area contributed by atoms with Crippen LogP contribution in [-0.4, -0.2) is 29.2 Å². The van der Waals surface area contributed by atoms with Gasteiger partial charge in [0.05, 0.1) is 23.9 Å². The summed E-state index contributed by atoms with van der Waals surface area (Å²) < 4.78 is 14.9. The van der Waals surface area contributed by atoms with E-state index < -0.39 is 11.9 Å². The molecule has 1 unspecified atom stereocenters. The number of benzodiazepines with no additional fused rings is 1. The lowest BCUT2D eigenvalue weighted by molar-refractivity contribution is -0.119. The molecule has 0 saturated heterocycles. The van der Waals surface area contributed by atoms with Crippen LogP contribution in [0.1, 0.15) is 23.1 Å². The van der Waals surface area contributed by atoms with Crippen LogP contribution in [0.15, 0.2) is 84.0 Å². The van der Waals surface area contributed by atoms with Gasteiger partial charge in [-0.3, -0.25) is 9.79 Å². The summed E-state index contributed by atoms with van der Waals surface area (Å²) in [5.74, 6) is -0.593. The molecule has 3 aromatic carbocycles. The lowest BCUT2D eigenvalue weighted by Gasteiger charge is -2.24. The number of H-pyrrole nitrogens is 1. The van der Waals surface area contributed by atoms with Crippen LogP contribution >= 0.6 is 0 Å². The quantitative estimate of drug-likeness (QED) is 0.477. The Bertz CT molecular complexity index is 1410. The molecule has 1 aromatic heterocycles. The number of para-hydroxylation sites is 2. The van der Waals surface area contributed by atoms with E-state index in [0.29, 0.717) is 28.9 Å². The second-order valence-corrected chi connectivity index (χ2v) is 7.95. The van der Waals surface area contributed by atoms with Crippen molar-refractivity contribution >= 4 is 28.2 Å². The van der Waals surface area contributed by atoms with Gasteiger partial charge in [0.2, 0.25) is 0 Å². The summed E-state index contributed by atoms with van der Waals surface area (Å²) in [5.41, 5.74) is 4.06. The van der Waals surface area contributed by atoms with Gasteiger partial charge in [0.1, 0.15) is 11.9 Å². The average Bonchev–Trinajstić information content (AvgIpc) is 3.21. The fourth-order valence-electron chi connectivity index (χ4n) is 4.39. The summed E-state index contributed by atoms with van der Waals surface area (Å²) in [5, 5.41) is 10.2. The van der Waals surface area contributed by atoms with Crippen molar-refractivity contribution in [3.05, 3.63) is 102 Å². The monoisotopic (exact) mass is 436 g/mol. The summed E-state index contributed by atoms with van der Waals surface area (Å²) in [4.78, 5) is 23.5. The molecule has 0 radical (unpaired) electrons. The van der Waals surface area contributed by atoms with Crippen molar-refractivity contribution in [2.75, 3.05) is 11.4 Å². The highest BCUT2D eigenvalue weighted by Crippen LogP contribution is 2.31. The number of amides is 1. The maximum Gasteiger partial charge on any atom is 0.252 e. The summed E-state index contributed by atoms with van der Waals surface area (Å²) in [7, 11) is 0. The number of hydrogen-bond donors (Lipinski definition) is 1. The number of carbonyl (C=O) groups is 1. The van der Waals surface area contributed by atoms with E-state index in [4.69, 9.17) is 4.99 Å². The molecule has 0 fully saturated rings. The molecular weight excluding hydrogens is 415 g/mol. The Balaban J connectivity index is 1.67. The Labute approximate surface area is 190 Å². The number of rotatable bonds is 5. The molecule has 1 N–H and O–H groups in total. The Morgan fingerprint density at radius 3 is 2.55 bits per heavy atom. The van der Waals surface area contributed by atoms with Crippen LogP contribution in [-0.2, 0) is 11.2 Å². The number of nitrogens with zero attached hydrogens (tertiary/aromatic N) is 3. The van der Waals surface area contributed by atoms with Crippen molar-refractivity contribution in [3.8, 4) is 6.07 Å². The molecule has 1 aliphatic heterocycles. The molecule has 4 aromatic rings. The molecule has 162 valence electrons. The molecule has 0 aliphatic carbocycles. The zero-order valence-electron chi connectivity index (χ0n) is 17.8. The van der Waals surface area contributed by atoms with Crippen LogP contribution in [0, 0.1) is 17.1 Å². The third-order valence-corrected chi connectivity index (χ3v) is 5.95. The van der Waals surface area contributed by atoms with E-state index in [-0.39, 0.29) is 18.9 Å². The Morgan fingerprint density at radius 2 is 1.73 bits per heavy atom. The van der Waals surface area contributed by atoms with Crippen LogP contribution in [0.3, 0.4) is 0 Å². The number of nitrogens with one attached hydrogen (secondary N) is 1. The molecule has 2 heterocycles. The summed E-state index contributed by atoms with van der Waals surface area (Å²) in [6.45, 7) is 0.247. The Kier molecular flexibility index (Phi) is 5.45. The van der Waals surface area contributed by atoms with E-state index in [0.717, 1.165) is 16.5 Å². The molecule has 1 aliphatic rings. The zero-order valence-corrected chi connectivity index (χ0v) is 17.8. The molecule has 33 heavy (non-hydrogen) atoms. The van der Waals surface area contributed by atoms with E-state index in [1.54, 1.807) is 23.1 Å². The number of nitriles is 1. The van der Waals surface area contributed by atoms with Gasteiger partial charge in [-0.15, -0.1) is 0 Å².